The van der Waals surface area contributed by atoms with Gasteiger partial charge in [-0.3, -0.25) is 5.01 Å². The van der Waals surface area contributed by atoms with Crippen LogP contribution < -0.4 is 10.4 Å². The molecule has 0 spiro atoms. The number of fused-ring (bicyclic) bond motifs is 6. The van der Waals surface area contributed by atoms with Crippen LogP contribution in [0.25, 0.3) is 60.7 Å². The second kappa shape index (κ2) is 11.1. The van der Waals surface area contributed by atoms with Crippen molar-refractivity contribution in [2.24, 2.45) is 0 Å². The molecule has 4 heteroatoms. The number of furan rings is 1. The van der Waals surface area contributed by atoms with Gasteiger partial charge >= 0.3 is 0 Å². The number of rotatable bonds is 5. The molecule has 1 unspecified atom stereocenters. The van der Waals surface area contributed by atoms with Gasteiger partial charge in [-0.25, -0.2) is 5.43 Å². The van der Waals surface area contributed by atoms with Gasteiger partial charge in [0.05, 0.1) is 28.5 Å². The van der Waals surface area contributed by atoms with Gasteiger partial charge in [-0.2, -0.15) is 0 Å². The van der Waals surface area contributed by atoms with Crippen molar-refractivity contribution >= 4 is 60.7 Å². The van der Waals surface area contributed by atoms with Gasteiger partial charge in [0.25, 0.3) is 0 Å². The van der Waals surface area contributed by atoms with Crippen LogP contribution in [0.3, 0.4) is 0 Å². The van der Waals surface area contributed by atoms with Crippen LogP contribution >= 0.6 is 0 Å². The molecule has 1 N–H and O–H groups in total. The van der Waals surface area contributed by atoms with Crippen LogP contribution in [0.1, 0.15) is 22.7 Å². The molecular formula is C45H31N3O. The largest absolute Gasteiger partial charge is 0.455 e. The third-order valence-electron chi connectivity index (χ3n) is 9.81. The number of hydrogen-bond acceptors (Lipinski definition) is 3. The maximum atomic E-state index is 6.86. The highest BCUT2D eigenvalue weighted by molar-refractivity contribution is 6.14. The summed E-state index contributed by atoms with van der Waals surface area (Å²) >= 11 is 0. The van der Waals surface area contributed by atoms with E-state index >= 15 is 0 Å². The van der Waals surface area contributed by atoms with Crippen molar-refractivity contribution < 1.29 is 4.42 Å². The molecule has 0 saturated heterocycles. The minimum Gasteiger partial charge on any atom is -0.455 e. The molecule has 0 amide bonds. The quantitative estimate of drug-likeness (QED) is 0.206. The Morgan fingerprint density at radius 2 is 1.06 bits per heavy atom. The molecule has 2 aromatic heterocycles. The molecule has 0 bridgehead atoms. The van der Waals surface area contributed by atoms with Crippen LogP contribution in [0.2, 0.25) is 0 Å². The van der Waals surface area contributed by atoms with E-state index in [-0.39, 0.29) is 6.04 Å². The van der Waals surface area contributed by atoms with Gasteiger partial charge in [-0.1, -0.05) is 133 Å². The summed E-state index contributed by atoms with van der Waals surface area (Å²) in [6, 6.07) is 62.3. The number of nitrogens with one attached hydrogen (secondary N) is 1. The van der Waals surface area contributed by atoms with Crippen molar-refractivity contribution in [1.29, 1.82) is 0 Å². The topological polar surface area (TPSA) is 33.3 Å². The first-order valence-electron chi connectivity index (χ1n) is 16.7. The predicted octanol–water partition coefficient (Wildman–Crippen LogP) is 11.3. The van der Waals surface area contributed by atoms with E-state index in [0.29, 0.717) is 0 Å². The lowest BCUT2D eigenvalue weighted by Crippen LogP contribution is -2.33. The van der Waals surface area contributed by atoms with Crippen molar-refractivity contribution in [3.63, 3.8) is 0 Å². The summed E-state index contributed by atoms with van der Waals surface area (Å²) in [5.41, 5.74) is 15.8. The number of aromatic nitrogens is 1. The number of hydrogen-bond donors (Lipinski definition) is 1. The standard InChI is InChI=1S/C45H31N3O/c1-4-16-30(17-5-1)43-42(44(31-18-6-2-7-19-31)48(46-43)32-20-8-3-9-21-32)38-29-33(28-37-36-24-12-15-27-41(36)49-45(37)38)47-39-25-13-10-22-34(39)35-23-11-14-26-40(35)47/h1-29,43,46H. The molecule has 0 aliphatic carbocycles. The Morgan fingerprint density at radius 1 is 0.490 bits per heavy atom. The summed E-state index contributed by atoms with van der Waals surface area (Å²) in [5.74, 6) is 0. The normalized spacial score (nSPS) is 14.9. The molecule has 7 aromatic carbocycles. The van der Waals surface area contributed by atoms with Crippen LogP contribution in [0, 0.1) is 0 Å². The Hall–Kier alpha value is -6.36. The molecule has 1 aliphatic rings. The Labute approximate surface area is 283 Å². The molecule has 10 rings (SSSR count). The average Bonchev–Trinajstić information content (AvgIpc) is 3.86. The average molecular weight is 630 g/mol. The Bertz CT molecular complexity index is 2630. The summed E-state index contributed by atoms with van der Waals surface area (Å²) in [6.45, 7) is 0. The van der Waals surface area contributed by atoms with Gasteiger partial charge < -0.3 is 8.98 Å². The highest BCUT2D eigenvalue weighted by Gasteiger charge is 2.36. The van der Waals surface area contributed by atoms with Crippen LogP contribution in [0.4, 0.5) is 5.69 Å². The van der Waals surface area contributed by atoms with E-state index in [1.165, 1.54) is 27.4 Å². The summed E-state index contributed by atoms with van der Waals surface area (Å²) < 4.78 is 9.27. The SMILES string of the molecule is c1ccc(C2=C(c3cc(-n4c5ccccc5c5ccccc54)cc4c3oc3ccccc34)C(c3ccccc3)NN2c2ccccc2)cc1. The van der Waals surface area contributed by atoms with Crippen molar-refractivity contribution in [3.05, 3.63) is 193 Å². The highest BCUT2D eigenvalue weighted by atomic mass is 16.3. The molecular weight excluding hydrogens is 599 g/mol. The molecule has 4 nitrogen and oxygen atoms in total. The van der Waals surface area contributed by atoms with Crippen LogP contribution in [0.5, 0.6) is 0 Å². The summed E-state index contributed by atoms with van der Waals surface area (Å²) in [5, 5.41) is 6.92. The number of para-hydroxylation sites is 4. The molecule has 49 heavy (non-hydrogen) atoms. The lowest BCUT2D eigenvalue weighted by molar-refractivity contribution is 0.662. The lowest BCUT2D eigenvalue weighted by atomic mass is 9.89. The van der Waals surface area contributed by atoms with E-state index in [2.05, 4.69) is 185 Å². The second-order valence-electron chi connectivity index (χ2n) is 12.6. The van der Waals surface area contributed by atoms with Crippen LogP contribution in [0.15, 0.2) is 180 Å². The Morgan fingerprint density at radius 3 is 1.76 bits per heavy atom. The molecule has 0 saturated carbocycles. The van der Waals surface area contributed by atoms with E-state index in [1.54, 1.807) is 0 Å². The summed E-state index contributed by atoms with van der Waals surface area (Å²) in [7, 11) is 0. The predicted molar refractivity (Wildman–Crippen MR) is 203 cm³/mol. The van der Waals surface area contributed by atoms with Gasteiger partial charge in [0, 0.05) is 43.9 Å². The maximum Gasteiger partial charge on any atom is 0.143 e. The number of benzene rings is 7. The van der Waals surface area contributed by atoms with E-state index in [0.717, 1.165) is 55.7 Å². The number of anilines is 1. The molecule has 0 radical (unpaired) electrons. The third kappa shape index (κ3) is 4.35. The second-order valence-corrected chi connectivity index (χ2v) is 12.6. The third-order valence-corrected chi connectivity index (χ3v) is 9.81. The van der Waals surface area contributed by atoms with Gasteiger partial charge in [-0.15, -0.1) is 0 Å². The first kappa shape index (κ1) is 27.7. The molecule has 0 fully saturated rings. The minimum absolute atomic E-state index is 0.151. The van der Waals surface area contributed by atoms with Crippen LogP contribution in [-0.4, -0.2) is 4.57 Å². The van der Waals surface area contributed by atoms with E-state index in [9.17, 15) is 0 Å². The Kier molecular flexibility index (Phi) is 6.29. The zero-order valence-corrected chi connectivity index (χ0v) is 26.6. The van der Waals surface area contributed by atoms with E-state index in [1.807, 2.05) is 6.07 Å². The molecule has 1 aliphatic heterocycles. The van der Waals surface area contributed by atoms with Gasteiger partial charge in [-0.05, 0) is 48.0 Å². The molecule has 1 atom stereocenters. The summed E-state index contributed by atoms with van der Waals surface area (Å²) in [4.78, 5) is 0. The fourth-order valence-electron chi connectivity index (χ4n) is 7.69. The van der Waals surface area contributed by atoms with Crippen LogP contribution in [-0.2, 0) is 0 Å². The molecule has 9 aromatic rings. The lowest BCUT2D eigenvalue weighted by Gasteiger charge is -2.24. The highest BCUT2D eigenvalue weighted by Crippen LogP contribution is 2.49. The van der Waals surface area contributed by atoms with E-state index < -0.39 is 0 Å². The van der Waals surface area contributed by atoms with E-state index in [4.69, 9.17) is 4.42 Å². The number of nitrogens with zero attached hydrogens (tertiary/aromatic N) is 2. The fourth-order valence-corrected chi connectivity index (χ4v) is 7.69. The van der Waals surface area contributed by atoms with Crippen molar-refractivity contribution in [3.8, 4) is 5.69 Å². The minimum atomic E-state index is -0.151. The van der Waals surface area contributed by atoms with Crippen molar-refractivity contribution in [1.82, 2.24) is 9.99 Å². The smallest absolute Gasteiger partial charge is 0.143 e. The first-order chi connectivity index (χ1) is 24.3. The zero-order chi connectivity index (χ0) is 32.3. The maximum absolute atomic E-state index is 6.86. The van der Waals surface area contributed by atoms with Crippen molar-refractivity contribution in [2.75, 3.05) is 5.01 Å². The summed E-state index contributed by atoms with van der Waals surface area (Å²) in [6.07, 6.45) is 0. The van der Waals surface area contributed by atoms with Gasteiger partial charge in [0.15, 0.2) is 0 Å². The van der Waals surface area contributed by atoms with Gasteiger partial charge in [0.2, 0.25) is 0 Å². The molecule has 3 heterocycles. The monoisotopic (exact) mass is 629 g/mol. The Balaban J connectivity index is 1.36. The first-order valence-corrected chi connectivity index (χ1v) is 16.7. The van der Waals surface area contributed by atoms with Crippen molar-refractivity contribution in [2.45, 2.75) is 6.04 Å². The number of hydrazine groups is 1. The fraction of sp³-hybridized carbons (Fsp3) is 0.0222. The molecule has 232 valence electrons. The van der Waals surface area contributed by atoms with Gasteiger partial charge in [0.1, 0.15) is 11.2 Å². The zero-order valence-electron chi connectivity index (χ0n) is 26.6.